The summed E-state index contributed by atoms with van der Waals surface area (Å²) in [6, 6.07) is 7.35. The van der Waals surface area contributed by atoms with Crippen LogP contribution in [0.25, 0.3) is 22.8 Å². The molecule has 0 amide bonds. The van der Waals surface area contributed by atoms with Gasteiger partial charge in [0.25, 0.3) is 11.8 Å². The zero-order valence-electron chi connectivity index (χ0n) is 18.4. The highest BCUT2D eigenvalue weighted by atomic mass is 19.3. The molecule has 10 heteroatoms. The Labute approximate surface area is 193 Å². The molecule has 0 radical (unpaired) electrons. The molecule has 0 saturated carbocycles. The van der Waals surface area contributed by atoms with Crippen LogP contribution in [-0.2, 0) is 11.2 Å². The number of anilines is 1. The van der Waals surface area contributed by atoms with Crippen LogP contribution >= 0.6 is 0 Å². The molecule has 0 spiro atoms. The van der Waals surface area contributed by atoms with Crippen LogP contribution < -0.4 is 4.90 Å². The van der Waals surface area contributed by atoms with Gasteiger partial charge < -0.3 is 14.5 Å². The van der Waals surface area contributed by atoms with Crippen LogP contribution in [0.3, 0.4) is 0 Å². The first-order chi connectivity index (χ1) is 16.3. The molecule has 5 rings (SSSR count). The van der Waals surface area contributed by atoms with E-state index in [0.717, 1.165) is 35.1 Å². The Bertz CT molecular complexity index is 1330. The van der Waals surface area contributed by atoms with Crippen molar-refractivity contribution in [2.75, 3.05) is 18.0 Å². The minimum Gasteiger partial charge on any atom is -0.481 e. The Morgan fingerprint density at radius 1 is 1.41 bits per heavy atom. The van der Waals surface area contributed by atoms with Gasteiger partial charge in [0.15, 0.2) is 0 Å². The Kier molecular flexibility index (Phi) is 5.27. The second-order valence-corrected chi connectivity index (χ2v) is 8.80. The molecule has 1 unspecified atom stereocenters. The lowest BCUT2D eigenvalue weighted by Gasteiger charge is -2.18. The molecule has 1 saturated heterocycles. The lowest BCUT2D eigenvalue weighted by atomic mass is 9.93. The minimum atomic E-state index is -2.80. The maximum Gasteiger partial charge on any atom is 0.303 e. The van der Waals surface area contributed by atoms with Crippen molar-refractivity contribution in [3.63, 3.8) is 0 Å². The summed E-state index contributed by atoms with van der Waals surface area (Å²) in [4.78, 5) is 21.3. The molecule has 1 N–H and O–H groups in total. The molecule has 1 aliphatic heterocycles. The van der Waals surface area contributed by atoms with E-state index in [1.165, 1.54) is 17.2 Å². The number of hydrogen-bond acceptors (Lipinski definition) is 7. The summed E-state index contributed by atoms with van der Waals surface area (Å²) in [6.07, 6.45) is 2.87. The third-order valence-corrected chi connectivity index (χ3v) is 6.61. The number of pyridine rings is 1. The van der Waals surface area contributed by atoms with Crippen LogP contribution in [0.4, 0.5) is 14.6 Å². The van der Waals surface area contributed by atoms with E-state index in [0.29, 0.717) is 11.4 Å². The number of alkyl halides is 2. The largest absolute Gasteiger partial charge is 0.481 e. The first-order valence-corrected chi connectivity index (χ1v) is 11.0. The normalized spacial score (nSPS) is 18.6. The van der Waals surface area contributed by atoms with E-state index in [-0.39, 0.29) is 42.6 Å². The second-order valence-electron chi connectivity index (χ2n) is 8.80. The lowest BCUT2D eigenvalue weighted by Crippen LogP contribution is -2.26. The van der Waals surface area contributed by atoms with Crippen molar-refractivity contribution < 1.29 is 23.2 Å². The van der Waals surface area contributed by atoms with E-state index in [9.17, 15) is 18.8 Å². The first kappa shape index (κ1) is 21.9. The molecular weight excluding hydrogens is 444 g/mol. The number of aliphatic carboxylic acids is 1. The van der Waals surface area contributed by atoms with E-state index in [2.05, 4.69) is 15.1 Å². The van der Waals surface area contributed by atoms with Crippen LogP contribution in [0.2, 0.25) is 0 Å². The smallest absolute Gasteiger partial charge is 0.303 e. The Balaban J connectivity index is 1.43. The van der Waals surface area contributed by atoms with Crippen LogP contribution in [-0.4, -0.2) is 45.2 Å². The van der Waals surface area contributed by atoms with Crippen molar-refractivity contribution in [1.82, 2.24) is 15.1 Å². The number of fused-ring (bicyclic) bond motifs is 1. The number of nitriles is 1. The minimum absolute atomic E-state index is 0.00521. The van der Waals surface area contributed by atoms with Gasteiger partial charge in [0.2, 0.25) is 5.82 Å². The highest BCUT2D eigenvalue weighted by molar-refractivity contribution is 5.71. The Hall–Kier alpha value is -3.87. The SMILES string of the molecule is Cc1c(-c2noc(-c3cnc(N4CCC(F)(F)C4)c(C#N)c3)n2)ccc2c1CCC2CC(=O)O. The van der Waals surface area contributed by atoms with Gasteiger partial charge in [-0.05, 0) is 48.4 Å². The summed E-state index contributed by atoms with van der Waals surface area (Å²) in [7, 11) is 0. The number of aromatic nitrogens is 3. The van der Waals surface area contributed by atoms with Crippen molar-refractivity contribution in [1.29, 1.82) is 5.26 Å². The van der Waals surface area contributed by atoms with Crippen molar-refractivity contribution in [2.45, 2.75) is 44.4 Å². The number of nitrogens with zero attached hydrogens (tertiary/aromatic N) is 5. The average Bonchev–Trinajstić information content (AvgIpc) is 3.52. The summed E-state index contributed by atoms with van der Waals surface area (Å²) in [5, 5.41) is 22.8. The average molecular weight is 465 g/mol. The summed E-state index contributed by atoms with van der Waals surface area (Å²) >= 11 is 0. The standard InChI is InChI=1S/C24H21F2N5O3/c1-13-17-3-2-14(9-20(32)33)19(17)5-4-18(13)21-29-23(34-30-21)16-8-15(10-27)22(28-11-16)31-7-6-24(25,26)12-31/h4-5,8,11,14H,2-3,6-7,9,12H2,1H3,(H,32,33). The molecule has 1 aromatic carbocycles. The molecular formula is C24H21F2N5O3. The van der Waals surface area contributed by atoms with Crippen molar-refractivity contribution in [2.24, 2.45) is 0 Å². The van der Waals surface area contributed by atoms with E-state index in [1.54, 1.807) is 0 Å². The fraction of sp³-hybridized carbons (Fsp3) is 0.375. The van der Waals surface area contributed by atoms with E-state index in [1.807, 2.05) is 25.1 Å². The topological polar surface area (TPSA) is 116 Å². The molecule has 0 bridgehead atoms. The number of benzene rings is 1. The molecule has 1 atom stereocenters. The lowest BCUT2D eigenvalue weighted by molar-refractivity contribution is -0.137. The number of halogens is 2. The maximum atomic E-state index is 13.6. The molecule has 34 heavy (non-hydrogen) atoms. The van der Waals surface area contributed by atoms with Gasteiger partial charge in [0.1, 0.15) is 11.9 Å². The number of hydrogen-bond donors (Lipinski definition) is 1. The van der Waals surface area contributed by atoms with Gasteiger partial charge in [-0.2, -0.15) is 10.2 Å². The van der Waals surface area contributed by atoms with Gasteiger partial charge in [-0.3, -0.25) is 4.79 Å². The van der Waals surface area contributed by atoms with E-state index in [4.69, 9.17) is 9.63 Å². The van der Waals surface area contributed by atoms with Gasteiger partial charge in [-0.1, -0.05) is 17.3 Å². The van der Waals surface area contributed by atoms with E-state index < -0.39 is 18.4 Å². The number of carboxylic acid groups (broad SMARTS) is 1. The monoisotopic (exact) mass is 465 g/mol. The quantitative estimate of drug-likeness (QED) is 0.592. The van der Waals surface area contributed by atoms with E-state index >= 15 is 0 Å². The third-order valence-electron chi connectivity index (χ3n) is 6.61. The van der Waals surface area contributed by atoms with Gasteiger partial charge in [-0.25, -0.2) is 13.8 Å². The molecule has 1 fully saturated rings. The summed E-state index contributed by atoms with van der Waals surface area (Å²) < 4.78 is 32.6. The van der Waals surface area contributed by atoms with Crippen molar-refractivity contribution >= 4 is 11.8 Å². The summed E-state index contributed by atoms with van der Waals surface area (Å²) in [5.74, 6) is -2.84. The fourth-order valence-electron chi connectivity index (χ4n) is 4.91. The van der Waals surface area contributed by atoms with Gasteiger partial charge in [0.05, 0.1) is 24.1 Å². The highest BCUT2D eigenvalue weighted by Gasteiger charge is 2.39. The molecule has 1 aliphatic carbocycles. The van der Waals surface area contributed by atoms with Gasteiger partial charge >= 0.3 is 5.97 Å². The second kappa shape index (κ2) is 8.17. The predicted molar refractivity (Wildman–Crippen MR) is 118 cm³/mol. The van der Waals surface area contributed by atoms with Crippen LogP contribution in [0.15, 0.2) is 28.9 Å². The number of rotatable bonds is 5. The summed E-state index contributed by atoms with van der Waals surface area (Å²) in [5.41, 5.74) is 4.53. The first-order valence-electron chi connectivity index (χ1n) is 11.0. The zero-order valence-corrected chi connectivity index (χ0v) is 18.4. The van der Waals surface area contributed by atoms with Gasteiger partial charge in [0, 0.05) is 24.7 Å². The van der Waals surface area contributed by atoms with Crippen LogP contribution in [0, 0.1) is 18.3 Å². The molecule has 2 aromatic heterocycles. The Morgan fingerprint density at radius 2 is 2.24 bits per heavy atom. The number of carboxylic acids is 1. The highest BCUT2D eigenvalue weighted by Crippen LogP contribution is 2.40. The maximum absolute atomic E-state index is 13.6. The number of carbonyl (C=O) groups is 1. The molecule has 174 valence electrons. The molecule has 3 aromatic rings. The molecule has 8 nitrogen and oxygen atoms in total. The molecule has 2 aliphatic rings. The third kappa shape index (κ3) is 3.87. The molecule has 3 heterocycles. The van der Waals surface area contributed by atoms with Crippen molar-refractivity contribution in [3.05, 3.63) is 46.6 Å². The van der Waals surface area contributed by atoms with Gasteiger partial charge in [-0.15, -0.1) is 0 Å². The van der Waals surface area contributed by atoms with Crippen LogP contribution in [0.5, 0.6) is 0 Å². The van der Waals surface area contributed by atoms with Crippen LogP contribution in [0.1, 0.15) is 47.4 Å². The fourth-order valence-corrected chi connectivity index (χ4v) is 4.91. The zero-order chi connectivity index (χ0) is 24.0. The predicted octanol–water partition coefficient (Wildman–Crippen LogP) is 4.33. The van der Waals surface area contributed by atoms with Crippen molar-refractivity contribution in [3.8, 4) is 28.9 Å². The Morgan fingerprint density at radius 3 is 2.94 bits per heavy atom. The summed E-state index contributed by atoms with van der Waals surface area (Å²) in [6.45, 7) is 1.62.